The van der Waals surface area contributed by atoms with E-state index in [1.165, 1.54) is 33.6 Å². The Balaban J connectivity index is 1.80. The molecule has 0 saturated carbocycles. The topological polar surface area (TPSA) is 121 Å². The zero-order valence-electron chi connectivity index (χ0n) is 15.8. The predicted molar refractivity (Wildman–Crippen MR) is 101 cm³/mol. The molecule has 3 rings (SSSR count). The first-order valence-electron chi connectivity index (χ1n) is 8.18. The normalized spacial score (nSPS) is 10.3. The van der Waals surface area contributed by atoms with E-state index in [4.69, 9.17) is 18.7 Å². The van der Waals surface area contributed by atoms with Crippen molar-refractivity contribution in [3.05, 3.63) is 41.9 Å². The molecule has 1 amide bonds. The molecule has 0 aliphatic heterocycles. The maximum atomic E-state index is 12.6. The van der Waals surface area contributed by atoms with Crippen molar-refractivity contribution in [3.63, 3.8) is 0 Å². The van der Waals surface area contributed by atoms with E-state index in [0.29, 0.717) is 34.5 Å². The number of carbonyl (C=O) groups excluding carboxylic acids is 1. The van der Waals surface area contributed by atoms with Crippen molar-refractivity contribution in [2.24, 2.45) is 0 Å². The third kappa shape index (κ3) is 4.11. The van der Waals surface area contributed by atoms with Gasteiger partial charge in [0, 0.05) is 30.1 Å². The number of hydrogen-bond acceptors (Lipinski definition) is 9. The highest BCUT2D eigenvalue weighted by Gasteiger charge is 2.16. The molecule has 0 unspecified atom stereocenters. The number of carbonyl (C=O) groups is 1. The van der Waals surface area contributed by atoms with E-state index in [2.05, 4.69) is 25.8 Å². The lowest BCUT2D eigenvalue weighted by molar-refractivity contribution is 0.102. The third-order valence-electron chi connectivity index (χ3n) is 3.68. The number of amides is 1. The largest absolute Gasteiger partial charge is 0.493 e. The SMILES string of the molecule is COc1cc(NC(=O)c2ccnc(Nc3cc(C)on3)n2)cc(OC)c1OC. The lowest BCUT2D eigenvalue weighted by Gasteiger charge is -2.14. The van der Waals surface area contributed by atoms with Crippen LogP contribution in [0.1, 0.15) is 16.2 Å². The highest BCUT2D eigenvalue weighted by molar-refractivity contribution is 6.03. The standard InChI is InChI=1S/C18H19N5O5/c1-10-7-15(23-28-10)22-18-19-6-5-12(21-18)17(24)20-11-8-13(25-2)16(27-4)14(9-11)26-3/h5-9H,1-4H3,(H,20,24)(H,19,21,22,23). The fraction of sp³-hybridized carbons (Fsp3) is 0.222. The molecule has 0 atom stereocenters. The highest BCUT2D eigenvalue weighted by Crippen LogP contribution is 2.40. The summed E-state index contributed by atoms with van der Waals surface area (Å²) in [5, 5.41) is 9.42. The van der Waals surface area contributed by atoms with Gasteiger partial charge in [0.15, 0.2) is 17.3 Å². The van der Waals surface area contributed by atoms with Crippen LogP contribution in [0.3, 0.4) is 0 Å². The van der Waals surface area contributed by atoms with E-state index in [1.807, 2.05) is 0 Å². The van der Waals surface area contributed by atoms with Gasteiger partial charge in [-0.2, -0.15) is 0 Å². The number of anilines is 3. The van der Waals surface area contributed by atoms with Crippen LogP contribution in [0.4, 0.5) is 17.5 Å². The number of hydrogen-bond donors (Lipinski definition) is 2. The van der Waals surface area contributed by atoms with E-state index in [9.17, 15) is 4.79 Å². The van der Waals surface area contributed by atoms with Gasteiger partial charge in [0.1, 0.15) is 11.5 Å². The van der Waals surface area contributed by atoms with E-state index < -0.39 is 5.91 Å². The average molecular weight is 385 g/mol. The summed E-state index contributed by atoms with van der Waals surface area (Å²) in [6.45, 7) is 1.76. The van der Waals surface area contributed by atoms with Crippen LogP contribution in [0.5, 0.6) is 17.2 Å². The van der Waals surface area contributed by atoms with Crippen molar-refractivity contribution in [1.29, 1.82) is 0 Å². The van der Waals surface area contributed by atoms with Gasteiger partial charge in [0.05, 0.1) is 21.3 Å². The molecule has 0 bridgehead atoms. The van der Waals surface area contributed by atoms with Gasteiger partial charge >= 0.3 is 0 Å². The molecule has 10 heteroatoms. The van der Waals surface area contributed by atoms with Crippen LogP contribution < -0.4 is 24.8 Å². The molecule has 0 aliphatic carbocycles. The van der Waals surface area contributed by atoms with Crippen molar-refractivity contribution >= 4 is 23.4 Å². The Morgan fingerprint density at radius 3 is 2.36 bits per heavy atom. The fourth-order valence-corrected chi connectivity index (χ4v) is 2.43. The number of rotatable bonds is 7. The Morgan fingerprint density at radius 1 is 1.07 bits per heavy atom. The van der Waals surface area contributed by atoms with Crippen molar-refractivity contribution in [2.75, 3.05) is 32.0 Å². The van der Waals surface area contributed by atoms with Crippen LogP contribution in [0.25, 0.3) is 0 Å². The van der Waals surface area contributed by atoms with E-state index >= 15 is 0 Å². The van der Waals surface area contributed by atoms with Crippen molar-refractivity contribution < 1.29 is 23.5 Å². The minimum Gasteiger partial charge on any atom is -0.493 e. The lowest BCUT2D eigenvalue weighted by atomic mass is 10.2. The van der Waals surface area contributed by atoms with Crippen LogP contribution in [0, 0.1) is 6.92 Å². The van der Waals surface area contributed by atoms with Gasteiger partial charge in [-0.1, -0.05) is 5.16 Å². The summed E-state index contributed by atoms with van der Waals surface area (Å²) < 4.78 is 20.8. The first-order chi connectivity index (χ1) is 13.5. The highest BCUT2D eigenvalue weighted by atomic mass is 16.5. The van der Waals surface area contributed by atoms with Crippen LogP contribution in [0.2, 0.25) is 0 Å². The number of nitrogens with one attached hydrogen (secondary N) is 2. The second-order valence-electron chi connectivity index (χ2n) is 5.58. The Hall–Kier alpha value is -3.82. The molecule has 0 radical (unpaired) electrons. The second-order valence-corrected chi connectivity index (χ2v) is 5.58. The summed E-state index contributed by atoms with van der Waals surface area (Å²) in [6, 6.07) is 6.42. The Kier molecular flexibility index (Phi) is 5.58. The molecule has 2 aromatic heterocycles. The molecule has 1 aromatic carbocycles. The van der Waals surface area contributed by atoms with Gasteiger partial charge in [-0.25, -0.2) is 9.97 Å². The maximum Gasteiger partial charge on any atom is 0.274 e. The van der Waals surface area contributed by atoms with Crippen molar-refractivity contribution in [2.45, 2.75) is 6.92 Å². The van der Waals surface area contributed by atoms with Crippen LogP contribution in [-0.4, -0.2) is 42.4 Å². The van der Waals surface area contributed by atoms with Gasteiger partial charge in [0.25, 0.3) is 5.91 Å². The number of nitrogens with zero attached hydrogens (tertiary/aromatic N) is 3. The van der Waals surface area contributed by atoms with Crippen LogP contribution in [0.15, 0.2) is 35.0 Å². The molecule has 3 aromatic rings. The molecule has 0 saturated heterocycles. The monoisotopic (exact) mass is 385 g/mol. The summed E-state index contributed by atoms with van der Waals surface area (Å²) in [6.07, 6.45) is 1.46. The summed E-state index contributed by atoms with van der Waals surface area (Å²) in [5.41, 5.74) is 0.617. The smallest absolute Gasteiger partial charge is 0.274 e. The molecular weight excluding hydrogens is 366 g/mol. The summed E-state index contributed by atoms with van der Waals surface area (Å²) in [7, 11) is 4.50. The number of methoxy groups -OCH3 is 3. The maximum absolute atomic E-state index is 12.6. The summed E-state index contributed by atoms with van der Waals surface area (Å²) in [4.78, 5) is 20.9. The van der Waals surface area contributed by atoms with Crippen LogP contribution in [-0.2, 0) is 0 Å². The quantitative estimate of drug-likeness (QED) is 0.632. The Morgan fingerprint density at radius 2 is 1.79 bits per heavy atom. The number of aromatic nitrogens is 3. The molecule has 0 fully saturated rings. The Bertz CT molecular complexity index is 963. The summed E-state index contributed by atoms with van der Waals surface area (Å²) in [5.74, 6) is 2.13. The first-order valence-corrected chi connectivity index (χ1v) is 8.18. The molecule has 2 heterocycles. The zero-order chi connectivity index (χ0) is 20.1. The second kappa shape index (κ2) is 8.25. The minimum atomic E-state index is -0.434. The predicted octanol–water partition coefficient (Wildman–Crippen LogP) is 2.79. The number of ether oxygens (including phenoxy) is 3. The van der Waals surface area contributed by atoms with E-state index in [-0.39, 0.29) is 11.6 Å². The molecule has 10 nitrogen and oxygen atoms in total. The molecule has 28 heavy (non-hydrogen) atoms. The zero-order valence-corrected chi connectivity index (χ0v) is 15.8. The number of aryl methyl sites for hydroxylation is 1. The molecule has 0 aliphatic rings. The van der Waals surface area contributed by atoms with E-state index in [0.717, 1.165) is 0 Å². The van der Waals surface area contributed by atoms with Gasteiger partial charge < -0.3 is 29.4 Å². The van der Waals surface area contributed by atoms with Gasteiger partial charge in [0.2, 0.25) is 11.7 Å². The van der Waals surface area contributed by atoms with Crippen LogP contribution >= 0.6 is 0 Å². The van der Waals surface area contributed by atoms with E-state index in [1.54, 1.807) is 25.1 Å². The molecule has 146 valence electrons. The number of benzene rings is 1. The minimum absolute atomic E-state index is 0.159. The first kappa shape index (κ1) is 19.0. The molecular formula is C18H19N5O5. The Labute approximate surface area is 160 Å². The molecule has 2 N–H and O–H groups in total. The lowest BCUT2D eigenvalue weighted by Crippen LogP contribution is -2.15. The van der Waals surface area contributed by atoms with Crippen molar-refractivity contribution in [3.8, 4) is 17.2 Å². The average Bonchev–Trinajstić information content (AvgIpc) is 3.11. The summed E-state index contributed by atoms with van der Waals surface area (Å²) >= 11 is 0. The van der Waals surface area contributed by atoms with Gasteiger partial charge in [-0.15, -0.1) is 0 Å². The molecule has 0 spiro atoms. The van der Waals surface area contributed by atoms with Gasteiger partial charge in [-0.05, 0) is 13.0 Å². The van der Waals surface area contributed by atoms with Gasteiger partial charge in [-0.3, -0.25) is 4.79 Å². The fourth-order valence-electron chi connectivity index (χ4n) is 2.43. The third-order valence-corrected chi connectivity index (χ3v) is 3.68. The van der Waals surface area contributed by atoms with Crippen molar-refractivity contribution in [1.82, 2.24) is 15.1 Å².